The molecule has 2 heterocycles. The molecule has 4 heteroatoms. The Morgan fingerprint density at radius 3 is 2.41 bits per heavy atom. The molecule has 1 aromatic carbocycles. The molecule has 0 aromatic heterocycles. The van der Waals surface area contributed by atoms with Crippen molar-refractivity contribution in [1.29, 1.82) is 0 Å². The topological polar surface area (TPSA) is 30.5 Å². The van der Waals surface area contributed by atoms with E-state index in [1.165, 1.54) is 11.3 Å². The number of nitrogens with one attached hydrogen (secondary N) is 1. The lowest BCUT2D eigenvalue weighted by Crippen LogP contribution is -2.41. The van der Waals surface area contributed by atoms with Gasteiger partial charge in [0.25, 0.3) is 0 Å². The van der Waals surface area contributed by atoms with Crippen LogP contribution in [-0.4, -0.2) is 24.4 Å². The molecule has 4 rings (SSSR count). The van der Waals surface area contributed by atoms with Gasteiger partial charge in [-0.2, -0.15) is 0 Å². The van der Waals surface area contributed by atoms with Crippen LogP contribution in [0.5, 0.6) is 0 Å². The molecule has 1 fully saturated rings. The van der Waals surface area contributed by atoms with Crippen LogP contribution < -0.4 is 10.8 Å². The van der Waals surface area contributed by atoms with Crippen LogP contribution in [0.25, 0.3) is 0 Å². The number of hydrogen-bond donors (Lipinski definition) is 1. The average molecular weight is 295 g/mol. The second-order valence-electron chi connectivity index (χ2n) is 7.40. The lowest BCUT2D eigenvalue weighted by molar-refractivity contribution is 0.00578. The predicted molar refractivity (Wildman–Crippen MR) is 90.6 cm³/mol. The summed E-state index contributed by atoms with van der Waals surface area (Å²) in [4.78, 5) is 0. The predicted octanol–water partition coefficient (Wildman–Crippen LogP) is 2.99. The Balaban J connectivity index is 1.67. The van der Waals surface area contributed by atoms with Gasteiger partial charge in [0, 0.05) is 11.6 Å². The Morgan fingerprint density at radius 1 is 1.00 bits per heavy atom. The van der Waals surface area contributed by atoms with Crippen LogP contribution in [0.1, 0.15) is 39.2 Å². The first kappa shape index (κ1) is 14.1. The third-order valence-corrected chi connectivity index (χ3v) is 5.42. The Kier molecular flexibility index (Phi) is 2.88. The summed E-state index contributed by atoms with van der Waals surface area (Å²) in [5.41, 5.74) is 3.04. The van der Waals surface area contributed by atoms with Gasteiger partial charge in [0.1, 0.15) is 0 Å². The number of allylic oxidation sites excluding steroid dienone is 2. The van der Waals surface area contributed by atoms with E-state index in [1.54, 1.807) is 0 Å². The smallest absolute Gasteiger partial charge is 0.399 e. The van der Waals surface area contributed by atoms with Crippen LogP contribution in [0.2, 0.25) is 0 Å². The summed E-state index contributed by atoms with van der Waals surface area (Å²) in [7, 11) is -0.294. The van der Waals surface area contributed by atoms with Gasteiger partial charge in [0.15, 0.2) is 0 Å². The van der Waals surface area contributed by atoms with E-state index in [-0.39, 0.29) is 18.3 Å². The molecule has 1 saturated heterocycles. The fourth-order valence-corrected chi connectivity index (χ4v) is 3.34. The number of anilines is 1. The van der Waals surface area contributed by atoms with Crippen LogP contribution in [0.3, 0.4) is 0 Å². The van der Waals surface area contributed by atoms with Crippen molar-refractivity contribution >= 4 is 18.3 Å². The van der Waals surface area contributed by atoms with Gasteiger partial charge >= 0.3 is 7.12 Å². The lowest BCUT2D eigenvalue weighted by Gasteiger charge is -2.32. The van der Waals surface area contributed by atoms with Crippen molar-refractivity contribution in [1.82, 2.24) is 0 Å². The van der Waals surface area contributed by atoms with E-state index in [4.69, 9.17) is 9.31 Å². The first-order chi connectivity index (χ1) is 10.4. The van der Waals surface area contributed by atoms with Gasteiger partial charge in [0.2, 0.25) is 0 Å². The van der Waals surface area contributed by atoms with Crippen molar-refractivity contribution in [3.8, 4) is 0 Å². The molecule has 22 heavy (non-hydrogen) atoms. The Hall–Kier alpha value is -1.52. The third-order valence-electron chi connectivity index (χ3n) is 5.42. The summed E-state index contributed by atoms with van der Waals surface area (Å²) in [5, 5.41) is 3.57. The maximum Gasteiger partial charge on any atom is 0.494 e. The number of fused-ring (bicyclic) bond motifs is 3. The largest absolute Gasteiger partial charge is 0.494 e. The fraction of sp³-hybridized carbons (Fsp3) is 0.444. The third kappa shape index (κ3) is 1.98. The van der Waals surface area contributed by atoms with E-state index in [9.17, 15) is 0 Å². The highest BCUT2D eigenvalue weighted by Gasteiger charge is 2.51. The van der Waals surface area contributed by atoms with E-state index in [0.717, 1.165) is 5.46 Å². The molecule has 3 nitrogen and oxygen atoms in total. The van der Waals surface area contributed by atoms with Gasteiger partial charge in [-0.3, -0.25) is 0 Å². The normalized spacial score (nSPS) is 30.1. The minimum atomic E-state index is -0.301. The molecule has 2 unspecified atom stereocenters. The van der Waals surface area contributed by atoms with Crippen molar-refractivity contribution in [3.05, 3.63) is 48.1 Å². The molecule has 0 amide bonds. The van der Waals surface area contributed by atoms with Crippen LogP contribution in [-0.2, 0) is 9.31 Å². The Morgan fingerprint density at radius 2 is 1.68 bits per heavy atom. The molecule has 3 aliphatic rings. The summed E-state index contributed by atoms with van der Waals surface area (Å²) in [5.74, 6) is 0.405. The lowest BCUT2D eigenvalue weighted by atomic mass is 9.77. The highest BCUT2D eigenvalue weighted by molar-refractivity contribution is 6.62. The molecule has 2 atom stereocenters. The molecule has 0 spiro atoms. The first-order valence-corrected chi connectivity index (χ1v) is 7.98. The second-order valence-corrected chi connectivity index (χ2v) is 7.40. The molecular weight excluding hydrogens is 273 g/mol. The number of benzene rings is 1. The molecule has 1 N–H and O–H groups in total. The summed E-state index contributed by atoms with van der Waals surface area (Å²) in [6, 6.07) is 6.86. The molecule has 0 bridgehead atoms. The van der Waals surface area contributed by atoms with Crippen LogP contribution in [0.4, 0.5) is 5.69 Å². The van der Waals surface area contributed by atoms with Crippen molar-refractivity contribution in [2.75, 3.05) is 5.32 Å². The zero-order valence-electron chi connectivity index (χ0n) is 13.6. The zero-order valence-corrected chi connectivity index (χ0v) is 13.6. The minimum absolute atomic E-state index is 0.294. The van der Waals surface area contributed by atoms with E-state index < -0.39 is 0 Å². The SMILES string of the molecule is CC1(C)OB(c2ccc3c(c2)C2C=CC=CC2N3)OC1(C)C. The van der Waals surface area contributed by atoms with Crippen molar-refractivity contribution in [2.45, 2.75) is 50.9 Å². The minimum Gasteiger partial charge on any atom is -0.399 e. The molecule has 1 aromatic rings. The number of rotatable bonds is 1. The maximum absolute atomic E-state index is 6.17. The summed E-state index contributed by atoms with van der Waals surface area (Å²) >= 11 is 0. The van der Waals surface area contributed by atoms with Crippen LogP contribution >= 0.6 is 0 Å². The highest BCUT2D eigenvalue weighted by Crippen LogP contribution is 2.40. The Labute approximate surface area is 132 Å². The van der Waals surface area contributed by atoms with Gasteiger partial charge in [-0.05, 0) is 44.8 Å². The second kappa shape index (κ2) is 4.50. The van der Waals surface area contributed by atoms with E-state index in [2.05, 4.69) is 75.5 Å². The van der Waals surface area contributed by atoms with Gasteiger partial charge in [0.05, 0.1) is 17.2 Å². The fourth-order valence-electron chi connectivity index (χ4n) is 3.34. The van der Waals surface area contributed by atoms with Crippen LogP contribution in [0, 0.1) is 0 Å². The summed E-state index contributed by atoms with van der Waals surface area (Å²) < 4.78 is 12.3. The summed E-state index contributed by atoms with van der Waals surface area (Å²) in [6.07, 6.45) is 8.71. The van der Waals surface area contributed by atoms with Gasteiger partial charge in [-0.15, -0.1) is 0 Å². The molecule has 1 aliphatic carbocycles. The van der Waals surface area contributed by atoms with E-state index in [0.29, 0.717) is 12.0 Å². The molecular formula is C18H22BNO2. The van der Waals surface area contributed by atoms with Crippen molar-refractivity contribution in [3.63, 3.8) is 0 Å². The van der Waals surface area contributed by atoms with Gasteiger partial charge in [-0.25, -0.2) is 0 Å². The number of hydrogen-bond acceptors (Lipinski definition) is 3. The average Bonchev–Trinajstić information content (AvgIpc) is 2.93. The molecule has 0 radical (unpaired) electrons. The van der Waals surface area contributed by atoms with E-state index in [1.807, 2.05) is 0 Å². The maximum atomic E-state index is 6.17. The van der Waals surface area contributed by atoms with Crippen molar-refractivity contribution in [2.24, 2.45) is 0 Å². The van der Waals surface area contributed by atoms with E-state index >= 15 is 0 Å². The Bertz CT molecular complexity index is 662. The molecule has 114 valence electrons. The standard InChI is InChI=1S/C18H22BNO2/c1-17(2)18(3,4)22-19(21-17)12-9-10-16-14(11-12)13-7-5-6-8-15(13)20-16/h5-11,13,15,20H,1-4H3. The zero-order chi connectivity index (χ0) is 15.5. The van der Waals surface area contributed by atoms with Crippen LogP contribution in [0.15, 0.2) is 42.5 Å². The monoisotopic (exact) mass is 295 g/mol. The molecule has 0 saturated carbocycles. The van der Waals surface area contributed by atoms with Gasteiger partial charge in [-0.1, -0.05) is 36.4 Å². The highest BCUT2D eigenvalue weighted by atomic mass is 16.7. The molecule has 2 aliphatic heterocycles. The first-order valence-electron chi connectivity index (χ1n) is 7.98. The van der Waals surface area contributed by atoms with Gasteiger partial charge < -0.3 is 14.6 Å². The van der Waals surface area contributed by atoms with Crippen molar-refractivity contribution < 1.29 is 9.31 Å². The quantitative estimate of drug-likeness (QED) is 0.808. The summed E-state index contributed by atoms with van der Waals surface area (Å²) in [6.45, 7) is 8.36.